The molecule has 0 spiro atoms. The minimum atomic E-state index is 0.287. The van der Waals surface area contributed by atoms with Gasteiger partial charge in [0, 0.05) is 36.4 Å². The molecule has 0 saturated heterocycles. The maximum atomic E-state index is 4.48. The quantitative estimate of drug-likeness (QED) is 0.883. The standard InChI is InChI=1S/C14H22N4S/c1-5-12-8-16-14(19-12)10(3)15-7-11-9-18(4)17-13(11)6-2/h8-10,15H,5-7H2,1-4H3. The lowest BCUT2D eigenvalue weighted by atomic mass is 10.2. The Bertz CT molecular complexity index is 529. The summed E-state index contributed by atoms with van der Waals surface area (Å²) in [5.74, 6) is 0. The predicted molar refractivity (Wildman–Crippen MR) is 79.3 cm³/mol. The van der Waals surface area contributed by atoms with Crippen molar-refractivity contribution in [3.8, 4) is 0 Å². The summed E-state index contributed by atoms with van der Waals surface area (Å²) < 4.78 is 1.89. The summed E-state index contributed by atoms with van der Waals surface area (Å²) in [6.45, 7) is 7.32. The van der Waals surface area contributed by atoms with Crippen molar-refractivity contribution in [3.05, 3.63) is 33.5 Å². The lowest BCUT2D eigenvalue weighted by Crippen LogP contribution is -2.18. The molecule has 0 fully saturated rings. The van der Waals surface area contributed by atoms with Crippen molar-refractivity contribution in [2.24, 2.45) is 7.05 Å². The van der Waals surface area contributed by atoms with Crippen molar-refractivity contribution in [2.45, 2.75) is 46.2 Å². The zero-order chi connectivity index (χ0) is 13.8. The number of hydrogen-bond acceptors (Lipinski definition) is 4. The van der Waals surface area contributed by atoms with Crippen molar-refractivity contribution in [1.82, 2.24) is 20.1 Å². The highest BCUT2D eigenvalue weighted by Gasteiger charge is 2.11. The first-order valence-corrected chi connectivity index (χ1v) is 7.65. The third kappa shape index (κ3) is 3.42. The molecule has 2 heterocycles. The number of nitrogens with one attached hydrogen (secondary N) is 1. The molecule has 104 valence electrons. The average molecular weight is 278 g/mol. The fraction of sp³-hybridized carbons (Fsp3) is 0.571. The van der Waals surface area contributed by atoms with Crippen LogP contribution in [0.25, 0.3) is 0 Å². The first-order valence-electron chi connectivity index (χ1n) is 6.83. The Morgan fingerprint density at radius 2 is 2.16 bits per heavy atom. The Kier molecular flexibility index (Phi) is 4.71. The molecule has 0 saturated carbocycles. The summed E-state index contributed by atoms with van der Waals surface area (Å²) in [5.41, 5.74) is 2.46. The van der Waals surface area contributed by atoms with Gasteiger partial charge in [-0.2, -0.15) is 5.10 Å². The lowest BCUT2D eigenvalue weighted by molar-refractivity contribution is 0.569. The van der Waals surface area contributed by atoms with Crippen LogP contribution in [0.1, 0.15) is 48.0 Å². The van der Waals surface area contributed by atoms with Gasteiger partial charge in [0.2, 0.25) is 0 Å². The summed E-state index contributed by atoms with van der Waals surface area (Å²) in [6, 6.07) is 0.287. The molecule has 0 aliphatic heterocycles. The van der Waals surface area contributed by atoms with Gasteiger partial charge in [-0.1, -0.05) is 13.8 Å². The molecule has 0 amide bonds. The summed E-state index contributed by atoms with van der Waals surface area (Å²) in [5, 5.41) is 9.16. The largest absolute Gasteiger partial charge is 0.304 e. The van der Waals surface area contributed by atoms with Crippen LogP contribution in [0, 0.1) is 0 Å². The van der Waals surface area contributed by atoms with E-state index in [1.807, 2.05) is 17.9 Å². The fourth-order valence-electron chi connectivity index (χ4n) is 2.07. The second-order valence-corrected chi connectivity index (χ2v) is 5.90. The van der Waals surface area contributed by atoms with Gasteiger partial charge in [-0.25, -0.2) is 4.98 Å². The van der Waals surface area contributed by atoms with Crippen LogP contribution < -0.4 is 5.32 Å². The van der Waals surface area contributed by atoms with Crippen LogP contribution in [0.2, 0.25) is 0 Å². The van der Waals surface area contributed by atoms with Crippen molar-refractivity contribution in [3.63, 3.8) is 0 Å². The Morgan fingerprint density at radius 3 is 2.79 bits per heavy atom. The van der Waals surface area contributed by atoms with Crippen LogP contribution in [-0.4, -0.2) is 14.8 Å². The van der Waals surface area contributed by atoms with Crippen LogP contribution in [0.3, 0.4) is 0 Å². The molecule has 1 atom stereocenters. The third-order valence-electron chi connectivity index (χ3n) is 3.22. The average Bonchev–Trinajstić information content (AvgIpc) is 3.01. The molecular formula is C14H22N4S. The minimum absolute atomic E-state index is 0.287. The molecule has 2 rings (SSSR count). The second-order valence-electron chi connectivity index (χ2n) is 4.75. The minimum Gasteiger partial charge on any atom is -0.304 e. The number of nitrogens with zero attached hydrogens (tertiary/aromatic N) is 3. The highest BCUT2D eigenvalue weighted by molar-refractivity contribution is 7.11. The molecule has 19 heavy (non-hydrogen) atoms. The number of aryl methyl sites for hydroxylation is 3. The molecule has 1 unspecified atom stereocenters. The van der Waals surface area contributed by atoms with Crippen molar-refractivity contribution in [1.29, 1.82) is 0 Å². The van der Waals surface area contributed by atoms with Gasteiger partial charge >= 0.3 is 0 Å². The third-order valence-corrected chi connectivity index (χ3v) is 4.54. The van der Waals surface area contributed by atoms with E-state index in [0.717, 1.165) is 19.4 Å². The molecular weight excluding hydrogens is 256 g/mol. The molecule has 2 aromatic rings. The summed E-state index contributed by atoms with van der Waals surface area (Å²) in [6.07, 6.45) is 6.12. The zero-order valence-corrected chi connectivity index (χ0v) is 12.9. The molecule has 0 bridgehead atoms. The number of hydrogen-bond donors (Lipinski definition) is 1. The van der Waals surface area contributed by atoms with E-state index in [4.69, 9.17) is 0 Å². The van der Waals surface area contributed by atoms with E-state index >= 15 is 0 Å². The summed E-state index contributed by atoms with van der Waals surface area (Å²) >= 11 is 1.80. The Hall–Kier alpha value is -1.20. The molecule has 2 aromatic heterocycles. The maximum absolute atomic E-state index is 4.48. The number of thiazole rings is 1. The Morgan fingerprint density at radius 1 is 1.37 bits per heavy atom. The van der Waals surface area contributed by atoms with Gasteiger partial charge in [0.25, 0.3) is 0 Å². The van der Waals surface area contributed by atoms with Crippen LogP contribution in [-0.2, 0) is 26.4 Å². The fourth-order valence-corrected chi connectivity index (χ4v) is 2.95. The maximum Gasteiger partial charge on any atom is 0.109 e. The van der Waals surface area contributed by atoms with Gasteiger partial charge < -0.3 is 5.32 Å². The van der Waals surface area contributed by atoms with E-state index in [2.05, 4.69) is 42.4 Å². The van der Waals surface area contributed by atoms with Gasteiger partial charge in [-0.05, 0) is 19.8 Å². The van der Waals surface area contributed by atoms with E-state index in [1.54, 1.807) is 11.3 Å². The van der Waals surface area contributed by atoms with E-state index in [9.17, 15) is 0 Å². The summed E-state index contributed by atoms with van der Waals surface area (Å²) in [7, 11) is 1.97. The van der Waals surface area contributed by atoms with Crippen LogP contribution in [0.15, 0.2) is 12.4 Å². The number of aromatic nitrogens is 3. The highest BCUT2D eigenvalue weighted by atomic mass is 32.1. The topological polar surface area (TPSA) is 42.7 Å². The van der Waals surface area contributed by atoms with E-state index < -0.39 is 0 Å². The van der Waals surface area contributed by atoms with E-state index in [0.29, 0.717) is 0 Å². The SMILES string of the molecule is CCc1cnc(C(C)NCc2cn(C)nc2CC)s1. The van der Waals surface area contributed by atoms with Crippen LogP contribution in [0.4, 0.5) is 0 Å². The normalized spacial score (nSPS) is 12.8. The second kappa shape index (κ2) is 6.30. The van der Waals surface area contributed by atoms with Gasteiger partial charge in [-0.3, -0.25) is 4.68 Å². The molecule has 5 heteroatoms. The Balaban J connectivity index is 1.97. The Labute approximate surface area is 118 Å². The molecule has 4 nitrogen and oxygen atoms in total. The van der Waals surface area contributed by atoms with Crippen molar-refractivity contribution < 1.29 is 0 Å². The molecule has 0 radical (unpaired) electrons. The van der Waals surface area contributed by atoms with Gasteiger partial charge in [0.15, 0.2) is 0 Å². The highest BCUT2D eigenvalue weighted by Crippen LogP contribution is 2.20. The smallest absolute Gasteiger partial charge is 0.109 e. The zero-order valence-electron chi connectivity index (χ0n) is 12.1. The summed E-state index contributed by atoms with van der Waals surface area (Å²) in [4.78, 5) is 5.83. The van der Waals surface area contributed by atoms with Gasteiger partial charge in [0.05, 0.1) is 11.7 Å². The number of rotatable bonds is 6. The predicted octanol–water partition coefficient (Wildman–Crippen LogP) is 2.85. The van der Waals surface area contributed by atoms with Crippen molar-refractivity contribution >= 4 is 11.3 Å². The van der Waals surface area contributed by atoms with E-state index in [-0.39, 0.29) is 6.04 Å². The molecule has 1 N–H and O–H groups in total. The van der Waals surface area contributed by atoms with Crippen molar-refractivity contribution in [2.75, 3.05) is 0 Å². The monoisotopic (exact) mass is 278 g/mol. The lowest BCUT2D eigenvalue weighted by Gasteiger charge is -2.10. The first-order chi connectivity index (χ1) is 9.13. The molecule has 0 aliphatic carbocycles. The van der Waals surface area contributed by atoms with Gasteiger partial charge in [-0.15, -0.1) is 11.3 Å². The molecule has 0 aliphatic rings. The first kappa shape index (κ1) is 14.2. The van der Waals surface area contributed by atoms with Gasteiger partial charge in [0.1, 0.15) is 5.01 Å². The van der Waals surface area contributed by atoms with E-state index in [1.165, 1.54) is 21.1 Å². The van der Waals surface area contributed by atoms with Crippen LogP contribution in [0.5, 0.6) is 0 Å². The molecule has 0 aromatic carbocycles. The van der Waals surface area contributed by atoms with Crippen LogP contribution >= 0.6 is 11.3 Å².